The highest BCUT2D eigenvalue weighted by molar-refractivity contribution is 5.97. The van der Waals surface area contributed by atoms with Crippen LogP contribution in [0.3, 0.4) is 0 Å². The molecule has 204 valence electrons. The molecular formula is C27H30FN7O4. The van der Waals surface area contributed by atoms with Gasteiger partial charge < -0.3 is 29.2 Å². The third-order valence-electron chi connectivity index (χ3n) is 6.79. The lowest BCUT2D eigenvalue weighted by molar-refractivity contribution is -0.384. The highest BCUT2D eigenvalue weighted by Gasteiger charge is 2.26. The van der Waals surface area contributed by atoms with Crippen LogP contribution in [0.2, 0.25) is 0 Å². The first kappa shape index (κ1) is 26.3. The Morgan fingerprint density at radius 1 is 1.23 bits per heavy atom. The molecule has 39 heavy (non-hydrogen) atoms. The van der Waals surface area contributed by atoms with E-state index in [1.54, 1.807) is 18.0 Å². The van der Waals surface area contributed by atoms with E-state index in [-0.39, 0.29) is 17.3 Å². The number of fused-ring (bicyclic) bond motifs is 3. The lowest BCUT2D eigenvalue weighted by Gasteiger charge is -2.22. The standard InChI is InChI=1S/C27H30FN7O4/c1-32(2)9-10-33(3)21-14-24(38-4)19(13-22(21)35(36)37)30-27-29-15-18(28)26(31-27)25-17-7-5-6-8-20(17)34-11-12-39-16-23(25)34/h5-8,13-15H,9-12,16H2,1-4H3,(H,29,30,31). The van der Waals surface area contributed by atoms with Gasteiger partial charge in [-0.25, -0.2) is 14.4 Å². The minimum Gasteiger partial charge on any atom is -0.494 e. The smallest absolute Gasteiger partial charge is 0.294 e. The molecule has 2 aromatic carbocycles. The molecular weight excluding hydrogens is 505 g/mol. The summed E-state index contributed by atoms with van der Waals surface area (Å²) in [4.78, 5) is 24.0. The zero-order valence-corrected chi connectivity index (χ0v) is 22.3. The van der Waals surface area contributed by atoms with E-state index < -0.39 is 10.7 Å². The summed E-state index contributed by atoms with van der Waals surface area (Å²) in [5.41, 5.74) is 3.18. The number of halogens is 1. The molecule has 2 aromatic heterocycles. The Labute approximate surface area is 224 Å². The van der Waals surface area contributed by atoms with Gasteiger partial charge in [-0.2, -0.15) is 0 Å². The topological polar surface area (TPSA) is 111 Å². The molecule has 5 rings (SSSR count). The van der Waals surface area contributed by atoms with E-state index >= 15 is 4.39 Å². The lowest BCUT2D eigenvalue weighted by Crippen LogP contribution is -2.28. The highest BCUT2D eigenvalue weighted by atomic mass is 19.1. The predicted molar refractivity (Wildman–Crippen MR) is 147 cm³/mol. The van der Waals surface area contributed by atoms with Gasteiger partial charge in [0.15, 0.2) is 5.82 Å². The van der Waals surface area contributed by atoms with Crippen molar-refractivity contribution in [2.75, 3.05) is 58.2 Å². The van der Waals surface area contributed by atoms with E-state index in [0.717, 1.165) is 22.8 Å². The molecule has 0 saturated heterocycles. The Morgan fingerprint density at radius 3 is 2.77 bits per heavy atom. The van der Waals surface area contributed by atoms with Crippen LogP contribution < -0.4 is 15.0 Å². The fourth-order valence-corrected chi connectivity index (χ4v) is 4.82. The number of nitrogens with zero attached hydrogens (tertiary/aromatic N) is 6. The molecule has 0 radical (unpaired) electrons. The number of nitro groups is 1. The minimum absolute atomic E-state index is 0.0773. The Balaban J connectivity index is 1.56. The van der Waals surface area contributed by atoms with Crippen LogP contribution >= 0.6 is 0 Å². The molecule has 1 N–H and O–H groups in total. The van der Waals surface area contributed by atoms with E-state index in [2.05, 4.69) is 19.9 Å². The number of ether oxygens (including phenoxy) is 2. The van der Waals surface area contributed by atoms with E-state index in [1.165, 1.54) is 13.2 Å². The van der Waals surface area contributed by atoms with Crippen LogP contribution in [0.1, 0.15) is 5.69 Å². The van der Waals surface area contributed by atoms with Crippen LogP contribution in [0.5, 0.6) is 5.75 Å². The molecule has 3 heterocycles. The van der Waals surface area contributed by atoms with E-state index in [9.17, 15) is 10.1 Å². The summed E-state index contributed by atoms with van der Waals surface area (Å²) in [5, 5.41) is 15.9. The first-order chi connectivity index (χ1) is 18.8. The molecule has 4 aromatic rings. The van der Waals surface area contributed by atoms with Gasteiger partial charge >= 0.3 is 0 Å². The summed E-state index contributed by atoms with van der Waals surface area (Å²) in [6.07, 6.45) is 1.09. The van der Waals surface area contributed by atoms with Crippen molar-refractivity contribution in [3.63, 3.8) is 0 Å². The minimum atomic E-state index is -0.582. The van der Waals surface area contributed by atoms with Crippen molar-refractivity contribution in [3.8, 4) is 17.0 Å². The number of methoxy groups -OCH3 is 1. The zero-order valence-electron chi connectivity index (χ0n) is 22.3. The SMILES string of the molecule is COc1cc(N(C)CCN(C)C)c([N+](=O)[O-])cc1Nc1ncc(F)c(-c2c3n(c4ccccc24)CCOC3)n1. The predicted octanol–water partition coefficient (Wildman–Crippen LogP) is 4.43. The maximum Gasteiger partial charge on any atom is 0.294 e. The molecule has 0 aliphatic carbocycles. The molecule has 0 fully saturated rings. The number of anilines is 3. The average Bonchev–Trinajstić information content (AvgIpc) is 3.26. The Bertz CT molecular complexity index is 1540. The van der Waals surface area contributed by atoms with Gasteiger partial charge in [0, 0.05) is 55.3 Å². The molecule has 12 heteroatoms. The summed E-state index contributed by atoms with van der Waals surface area (Å²) >= 11 is 0. The normalized spacial score (nSPS) is 13.0. The molecule has 11 nitrogen and oxygen atoms in total. The fraction of sp³-hybridized carbons (Fsp3) is 0.333. The summed E-state index contributed by atoms with van der Waals surface area (Å²) < 4.78 is 28.6. The molecule has 0 amide bonds. The van der Waals surface area contributed by atoms with Gasteiger partial charge in [0.2, 0.25) is 5.95 Å². The number of hydrogen-bond acceptors (Lipinski definition) is 9. The number of benzene rings is 2. The maximum absolute atomic E-state index is 15.2. The van der Waals surface area contributed by atoms with Gasteiger partial charge in [-0.1, -0.05) is 18.2 Å². The van der Waals surface area contributed by atoms with Crippen molar-refractivity contribution in [1.82, 2.24) is 19.4 Å². The first-order valence-electron chi connectivity index (χ1n) is 12.5. The van der Waals surface area contributed by atoms with Crippen molar-refractivity contribution in [2.45, 2.75) is 13.2 Å². The zero-order chi connectivity index (χ0) is 27.7. The van der Waals surface area contributed by atoms with Crippen LogP contribution in [-0.4, -0.2) is 72.3 Å². The number of aromatic nitrogens is 3. The summed E-state index contributed by atoms with van der Waals surface area (Å²) in [6.45, 7) is 2.85. The molecule has 1 aliphatic heterocycles. The van der Waals surface area contributed by atoms with Crippen molar-refractivity contribution >= 4 is 33.9 Å². The molecule has 0 unspecified atom stereocenters. The second-order valence-corrected chi connectivity index (χ2v) is 9.58. The van der Waals surface area contributed by atoms with Crippen LogP contribution in [-0.2, 0) is 17.9 Å². The summed E-state index contributed by atoms with van der Waals surface area (Å²) in [5.74, 6) is -0.142. The third-order valence-corrected chi connectivity index (χ3v) is 6.79. The molecule has 0 atom stereocenters. The van der Waals surface area contributed by atoms with Crippen LogP contribution in [0, 0.1) is 15.9 Å². The third kappa shape index (κ3) is 5.08. The Hall–Kier alpha value is -4.29. The number of nitro benzene ring substituents is 1. The molecule has 0 spiro atoms. The van der Waals surface area contributed by atoms with Crippen molar-refractivity contribution in [1.29, 1.82) is 0 Å². The monoisotopic (exact) mass is 535 g/mol. The largest absolute Gasteiger partial charge is 0.494 e. The van der Waals surface area contributed by atoms with E-state index in [4.69, 9.17) is 9.47 Å². The number of hydrogen-bond donors (Lipinski definition) is 1. The average molecular weight is 536 g/mol. The van der Waals surface area contributed by atoms with E-state index in [0.29, 0.717) is 55.5 Å². The van der Waals surface area contributed by atoms with Crippen LogP contribution in [0.4, 0.5) is 27.4 Å². The summed E-state index contributed by atoms with van der Waals surface area (Å²) in [6, 6.07) is 10.8. The van der Waals surface area contributed by atoms with Crippen LogP contribution in [0.25, 0.3) is 22.2 Å². The van der Waals surface area contributed by atoms with Gasteiger partial charge in [-0.05, 0) is 20.2 Å². The van der Waals surface area contributed by atoms with Gasteiger partial charge in [0.1, 0.15) is 17.1 Å². The highest BCUT2D eigenvalue weighted by Crippen LogP contribution is 2.40. The van der Waals surface area contributed by atoms with Gasteiger partial charge in [-0.15, -0.1) is 0 Å². The van der Waals surface area contributed by atoms with Crippen molar-refractivity contribution < 1.29 is 18.8 Å². The summed E-state index contributed by atoms with van der Waals surface area (Å²) in [7, 11) is 7.14. The Morgan fingerprint density at radius 2 is 2.03 bits per heavy atom. The quantitative estimate of drug-likeness (QED) is 0.246. The lowest BCUT2D eigenvalue weighted by atomic mass is 10.1. The van der Waals surface area contributed by atoms with Gasteiger partial charge in [0.25, 0.3) is 5.69 Å². The number of para-hydroxylation sites is 1. The second kappa shape index (κ2) is 10.8. The number of likely N-dealkylation sites (N-methyl/N-ethyl adjacent to an activating group) is 2. The maximum atomic E-state index is 15.2. The fourth-order valence-electron chi connectivity index (χ4n) is 4.82. The molecule has 1 aliphatic rings. The van der Waals surface area contributed by atoms with E-state index in [1.807, 2.05) is 43.3 Å². The second-order valence-electron chi connectivity index (χ2n) is 9.58. The number of nitrogens with one attached hydrogen (secondary N) is 1. The number of rotatable bonds is 9. The van der Waals surface area contributed by atoms with Gasteiger partial charge in [-0.3, -0.25) is 10.1 Å². The van der Waals surface area contributed by atoms with Crippen LogP contribution in [0.15, 0.2) is 42.6 Å². The first-order valence-corrected chi connectivity index (χ1v) is 12.5. The molecule has 0 bridgehead atoms. The Kier molecular flexibility index (Phi) is 7.31. The van der Waals surface area contributed by atoms with Crippen molar-refractivity contribution in [2.24, 2.45) is 0 Å². The molecule has 0 saturated carbocycles. The van der Waals surface area contributed by atoms with Gasteiger partial charge in [0.05, 0.1) is 42.8 Å². The van der Waals surface area contributed by atoms with Crippen molar-refractivity contribution in [3.05, 3.63) is 64.2 Å².